The molecule has 4 aromatic rings. The lowest BCUT2D eigenvalue weighted by Gasteiger charge is -2.10. The van der Waals surface area contributed by atoms with Crippen LogP contribution in [-0.4, -0.2) is 15.1 Å². The summed E-state index contributed by atoms with van der Waals surface area (Å²) < 4.78 is 5.22. The van der Waals surface area contributed by atoms with E-state index in [0.29, 0.717) is 28.2 Å². The summed E-state index contributed by atoms with van der Waals surface area (Å²) in [5, 5.41) is 9.24. The van der Waals surface area contributed by atoms with Crippen molar-refractivity contribution in [2.24, 2.45) is 0 Å². The molecule has 0 radical (unpaired) electrons. The molecule has 0 atom stereocenters. The number of benzene rings is 1. The highest BCUT2D eigenvalue weighted by Gasteiger charge is 2.17. The lowest BCUT2D eigenvalue weighted by molar-refractivity contribution is 0.430. The maximum atomic E-state index is 6.11. The largest absolute Gasteiger partial charge is 0.365 e. The van der Waals surface area contributed by atoms with Gasteiger partial charge in [0, 0.05) is 17.5 Å². The second-order valence-corrected chi connectivity index (χ2v) is 7.86. The average molecular weight is 405 g/mol. The Morgan fingerprint density at radius 2 is 1.96 bits per heavy atom. The van der Waals surface area contributed by atoms with Crippen LogP contribution in [0.15, 0.2) is 35.0 Å². The standard InChI is InChI=1S/C18H14Cl2N4OS/c1-9-10(2)26-18-15(9)17(23-16(24-18)14-5-6-22-25-14)21-8-11-3-4-12(19)13(20)7-11/h3-7H,8H2,1-2H3,(H,21,23,24). The minimum atomic E-state index is 0.507. The quantitative estimate of drug-likeness (QED) is 0.459. The van der Waals surface area contributed by atoms with Gasteiger partial charge in [-0.1, -0.05) is 34.4 Å². The maximum Gasteiger partial charge on any atom is 0.204 e. The van der Waals surface area contributed by atoms with Gasteiger partial charge >= 0.3 is 0 Å². The molecule has 0 saturated heterocycles. The van der Waals surface area contributed by atoms with E-state index in [1.165, 1.54) is 10.4 Å². The third-order valence-electron chi connectivity index (χ3n) is 4.13. The van der Waals surface area contributed by atoms with E-state index in [-0.39, 0.29) is 0 Å². The smallest absolute Gasteiger partial charge is 0.204 e. The topological polar surface area (TPSA) is 63.8 Å². The number of nitrogens with one attached hydrogen (secondary N) is 1. The van der Waals surface area contributed by atoms with Gasteiger partial charge in [0.2, 0.25) is 11.6 Å². The first-order valence-corrected chi connectivity index (χ1v) is 9.47. The van der Waals surface area contributed by atoms with Crippen molar-refractivity contribution in [1.29, 1.82) is 0 Å². The zero-order valence-corrected chi connectivity index (χ0v) is 16.3. The van der Waals surface area contributed by atoms with Crippen molar-refractivity contribution < 1.29 is 4.52 Å². The molecule has 3 heterocycles. The van der Waals surface area contributed by atoms with Crippen molar-refractivity contribution in [3.8, 4) is 11.6 Å². The van der Waals surface area contributed by atoms with Crippen LogP contribution in [0.4, 0.5) is 5.82 Å². The molecule has 4 rings (SSSR count). The first-order valence-electron chi connectivity index (χ1n) is 7.89. The Kier molecular flexibility index (Phi) is 4.56. The SMILES string of the molecule is Cc1sc2nc(-c3ccno3)nc(NCc3ccc(Cl)c(Cl)c3)c2c1C. The van der Waals surface area contributed by atoms with Gasteiger partial charge in [0.15, 0.2) is 0 Å². The van der Waals surface area contributed by atoms with Crippen molar-refractivity contribution in [1.82, 2.24) is 15.1 Å². The van der Waals surface area contributed by atoms with Gasteiger partial charge in [-0.25, -0.2) is 9.97 Å². The minimum absolute atomic E-state index is 0.507. The molecule has 0 spiro atoms. The fourth-order valence-corrected chi connectivity index (χ4v) is 4.00. The molecule has 5 nitrogen and oxygen atoms in total. The monoisotopic (exact) mass is 404 g/mol. The number of anilines is 1. The first kappa shape index (κ1) is 17.3. The highest BCUT2D eigenvalue weighted by Crippen LogP contribution is 2.35. The minimum Gasteiger partial charge on any atom is -0.365 e. The molecular formula is C18H14Cl2N4OS. The second-order valence-electron chi connectivity index (χ2n) is 5.84. The predicted molar refractivity (Wildman–Crippen MR) is 106 cm³/mol. The van der Waals surface area contributed by atoms with Crippen molar-refractivity contribution in [2.45, 2.75) is 20.4 Å². The van der Waals surface area contributed by atoms with E-state index in [9.17, 15) is 0 Å². The van der Waals surface area contributed by atoms with Crippen LogP contribution >= 0.6 is 34.5 Å². The van der Waals surface area contributed by atoms with Crippen LogP contribution in [-0.2, 0) is 6.54 Å². The lowest BCUT2D eigenvalue weighted by atomic mass is 10.2. The molecule has 0 bridgehead atoms. The Hall–Kier alpha value is -2.15. The second kappa shape index (κ2) is 6.87. The van der Waals surface area contributed by atoms with Crippen molar-refractivity contribution in [3.05, 3.63) is 56.5 Å². The van der Waals surface area contributed by atoms with Gasteiger partial charge in [0.05, 0.1) is 21.6 Å². The normalized spacial score (nSPS) is 11.2. The van der Waals surface area contributed by atoms with E-state index < -0.39 is 0 Å². The van der Waals surface area contributed by atoms with Crippen LogP contribution in [0.1, 0.15) is 16.0 Å². The zero-order chi connectivity index (χ0) is 18.3. The van der Waals surface area contributed by atoms with Gasteiger partial charge in [-0.15, -0.1) is 11.3 Å². The van der Waals surface area contributed by atoms with Crippen LogP contribution in [0.2, 0.25) is 10.0 Å². The summed E-state index contributed by atoms with van der Waals surface area (Å²) in [6.07, 6.45) is 1.58. The van der Waals surface area contributed by atoms with Crippen LogP contribution in [0.5, 0.6) is 0 Å². The van der Waals surface area contributed by atoms with E-state index >= 15 is 0 Å². The van der Waals surface area contributed by atoms with Crippen LogP contribution in [0.3, 0.4) is 0 Å². The number of halogens is 2. The molecule has 0 fully saturated rings. The van der Waals surface area contributed by atoms with E-state index in [0.717, 1.165) is 21.6 Å². The third-order valence-corrected chi connectivity index (χ3v) is 5.97. The van der Waals surface area contributed by atoms with Gasteiger partial charge < -0.3 is 9.84 Å². The predicted octanol–water partition coefficient (Wildman–Crippen LogP) is 5.88. The number of aromatic nitrogens is 3. The maximum absolute atomic E-state index is 6.11. The van der Waals surface area contributed by atoms with E-state index in [2.05, 4.69) is 34.3 Å². The molecule has 0 aliphatic rings. The number of hydrogen-bond acceptors (Lipinski definition) is 6. The van der Waals surface area contributed by atoms with Crippen molar-refractivity contribution >= 4 is 50.6 Å². The van der Waals surface area contributed by atoms with E-state index in [1.807, 2.05) is 12.1 Å². The number of aryl methyl sites for hydroxylation is 2. The molecule has 0 aliphatic carbocycles. The summed E-state index contributed by atoms with van der Waals surface area (Å²) in [5.41, 5.74) is 2.18. The Morgan fingerprint density at radius 1 is 1.12 bits per heavy atom. The van der Waals surface area contributed by atoms with Crippen LogP contribution < -0.4 is 5.32 Å². The van der Waals surface area contributed by atoms with Crippen LogP contribution in [0.25, 0.3) is 21.8 Å². The first-order chi connectivity index (χ1) is 12.5. The molecule has 0 amide bonds. The Morgan fingerprint density at radius 3 is 2.69 bits per heavy atom. The zero-order valence-electron chi connectivity index (χ0n) is 14.0. The molecule has 1 aromatic carbocycles. The summed E-state index contributed by atoms with van der Waals surface area (Å²) in [6.45, 7) is 4.72. The highest BCUT2D eigenvalue weighted by atomic mass is 35.5. The fourth-order valence-electron chi connectivity index (χ4n) is 2.65. The van der Waals surface area contributed by atoms with Gasteiger partial charge in [-0.05, 0) is 37.1 Å². The highest BCUT2D eigenvalue weighted by molar-refractivity contribution is 7.18. The summed E-state index contributed by atoms with van der Waals surface area (Å²) in [7, 11) is 0. The number of fused-ring (bicyclic) bond motifs is 1. The molecule has 8 heteroatoms. The number of rotatable bonds is 4. The summed E-state index contributed by atoms with van der Waals surface area (Å²) in [4.78, 5) is 11.4. The Bertz CT molecular complexity index is 1090. The molecular weight excluding hydrogens is 391 g/mol. The lowest BCUT2D eigenvalue weighted by Crippen LogP contribution is -2.04. The molecule has 0 unspecified atom stereocenters. The van der Waals surface area contributed by atoms with E-state index in [4.69, 9.17) is 27.7 Å². The number of hydrogen-bond donors (Lipinski definition) is 1. The molecule has 26 heavy (non-hydrogen) atoms. The van der Waals surface area contributed by atoms with Gasteiger partial charge in [0.25, 0.3) is 0 Å². The number of nitrogens with zero attached hydrogens (tertiary/aromatic N) is 3. The Balaban J connectivity index is 1.75. The summed E-state index contributed by atoms with van der Waals surface area (Å²) in [6, 6.07) is 7.31. The van der Waals surface area contributed by atoms with E-state index in [1.54, 1.807) is 29.7 Å². The van der Waals surface area contributed by atoms with Gasteiger partial charge in [-0.2, -0.15) is 0 Å². The summed E-state index contributed by atoms with van der Waals surface area (Å²) >= 11 is 13.7. The average Bonchev–Trinajstić information content (AvgIpc) is 3.25. The number of thiophene rings is 1. The third kappa shape index (κ3) is 3.16. The molecule has 3 aromatic heterocycles. The molecule has 0 aliphatic heterocycles. The van der Waals surface area contributed by atoms with Crippen molar-refractivity contribution in [2.75, 3.05) is 5.32 Å². The van der Waals surface area contributed by atoms with Gasteiger partial charge in [0.1, 0.15) is 10.6 Å². The Labute approximate surface area is 164 Å². The molecule has 1 N–H and O–H groups in total. The molecule has 132 valence electrons. The molecule has 0 saturated carbocycles. The summed E-state index contributed by atoms with van der Waals surface area (Å²) in [5.74, 6) is 1.80. The van der Waals surface area contributed by atoms with Gasteiger partial charge in [-0.3, -0.25) is 0 Å². The van der Waals surface area contributed by atoms with Crippen molar-refractivity contribution in [3.63, 3.8) is 0 Å². The fraction of sp³-hybridized carbons (Fsp3) is 0.167. The van der Waals surface area contributed by atoms with Crippen LogP contribution in [0, 0.1) is 13.8 Å².